The zero-order chi connectivity index (χ0) is 38.7. The third-order valence-electron chi connectivity index (χ3n) is 11.8. The minimum absolute atomic E-state index is 0.0334. The van der Waals surface area contributed by atoms with Crippen LogP contribution in [-0.2, 0) is 37.9 Å². The molecule has 16 atom stereocenters. The Morgan fingerprint density at radius 1 is 0.407 bits per heavy atom. The normalized spacial score (nSPS) is 47.7. The number of aliphatic hydroxyl groups excluding tert-OH is 5. The molecule has 0 aromatic rings. The van der Waals surface area contributed by atoms with Crippen LogP contribution in [0.5, 0.6) is 0 Å². The Morgan fingerprint density at radius 2 is 0.630 bits per heavy atom. The third-order valence-corrected chi connectivity index (χ3v) is 11.8. The Hall–Kier alpha value is -1.64. The summed E-state index contributed by atoms with van der Waals surface area (Å²) in [5.74, 6) is -3.64. The summed E-state index contributed by atoms with van der Waals surface area (Å²) >= 11 is 0. The summed E-state index contributed by atoms with van der Waals surface area (Å²) in [5.41, 5.74) is 0. The van der Waals surface area contributed by atoms with Crippen molar-refractivity contribution < 1.29 is 63.4 Å². The van der Waals surface area contributed by atoms with E-state index in [1.165, 1.54) is 0 Å². The summed E-state index contributed by atoms with van der Waals surface area (Å²) in [6.45, 7) is 14.3. The summed E-state index contributed by atoms with van der Waals surface area (Å²) < 4.78 is 48.7. The molecule has 4 aliphatic carbocycles. The number of nitrogens with zero attached hydrogens (tertiary/aromatic N) is 2. The highest BCUT2D eigenvalue weighted by Crippen LogP contribution is 2.41. The minimum atomic E-state index is -1.14. The molecule has 302 valence electrons. The number of hydrogen-bond acceptors (Lipinski definition) is 15. The smallest absolute Gasteiger partial charge is 0.164 e. The third kappa shape index (κ3) is 7.22. The van der Waals surface area contributed by atoms with E-state index in [9.17, 15) is 25.5 Å². The number of aliphatic hydroxyl groups is 5. The van der Waals surface area contributed by atoms with Crippen molar-refractivity contribution in [1.29, 1.82) is 0 Å². The van der Waals surface area contributed by atoms with E-state index in [1.54, 1.807) is 55.4 Å². The average molecular weight is 763 g/mol. The molecule has 0 aromatic carbocycles. The molecule has 8 rings (SSSR count). The fourth-order valence-electron chi connectivity index (χ4n) is 9.70. The van der Waals surface area contributed by atoms with Crippen LogP contribution in [0.4, 0.5) is 0 Å². The van der Waals surface area contributed by atoms with E-state index in [0.29, 0.717) is 0 Å². The van der Waals surface area contributed by atoms with E-state index in [1.807, 2.05) is 58.4 Å². The second-order valence-corrected chi connectivity index (χ2v) is 17.8. The van der Waals surface area contributed by atoms with Crippen molar-refractivity contribution in [2.75, 3.05) is 13.1 Å². The first-order valence-corrected chi connectivity index (χ1v) is 19.3. The van der Waals surface area contributed by atoms with Crippen LogP contribution in [-0.4, -0.2) is 175 Å². The van der Waals surface area contributed by atoms with Gasteiger partial charge in [0.15, 0.2) is 23.1 Å². The average Bonchev–Trinajstić information content (AvgIpc) is 3.78. The first kappa shape index (κ1) is 39.2. The number of hydrogen-bond donors (Lipinski definition) is 5. The van der Waals surface area contributed by atoms with Crippen molar-refractivity contribution >= 4 is 0 Å². The summed E-state index contributed by atoms with van der Waals surface area (Å²) in [4.78, 5) is 3.72. The topological polar surface area (TPSA) is 181 Å². The molecule has 15 heteroatoms. The molecular weight excluding hydrogens is 704 g/mol. The van der Waals surface area contributed by atoms with Gasteiger partial charge in [0.25, 0.3) is 0 Å². The molecule has 4 aliphatic heterocycles. The quantitative estimate of drug-likeness (QED) is 0.212. The molecule has 5 N–H and O–H groups in total. The van der Waals surface area contributed by atoms with Crippen molar-refractivity contribution in [3.63, 3.8) is 0 Å². The van der Waals surface area contributed by atoms with Crippen LogP contribution in [0.15, 0.2) is 48.6 Å². The molecule has 15 nitrogen and oxygen atoms in total. The lowest BCUT2D eigenvalue weighted by Gasteiger charge is -2.48. The van der Waals surface area contributed by atoms with Gasteiger partial charge >= 0.3 is 0 Å². The molecule has 4 fully saturated rings. The number of rotatable bonds is 8. The molecule has 0 spiro atoms. The van der Waals surface area contributed by atoms with Crippen LogP contribution in [0.25, 0.3) is 0 Å². The Balaban J connectivity index is 1.10. The van der Waals surface area contributed by atoms with Crippen molar-refractivity contribution in [2.24, 2.45) is 0 Å². The van der Waals surface area contributed by atoms with Crippen molar-refractivity contribution in [1.82, 2.24) is 9.80 Å². The Morgan fingerprint density at radius 3 is 0.852 bits per heavy atom. The van der Waals surface area contributed by atoms with E-state index in [0.717, 1.165) is 0 Å². The molecular formula is C39H58N2O13. The van der Waals surface area contributed by atoms with Gasteiger partial charge in [0, 0.05) is 13.1 Å². The lowest BCUT2D eigenvalue weighted by Crippen LogP contribution is -2.64. The van der Waals surface area contributed by atoms with Gasteiger partial charge in [-0.3, -0.25) is 9.80 Å². The monoisotopic (exact) mass is 762 g/mol. The van der Waals surface area contributed by atoms with Gasteiger partial charge in [-0.2, -0.15) is 0 Å². The molecule has 0 amide bonds. The Labute approximate surface area is 316 Å². The summed E-state index contributed by atoms with van der Waals surface area (Å²) in [6.07, 6.45) is 4.72. The molecule has 0 bridgehead atoms. The molecule has 8 aliphatic rings. The molecule has 0 saturated carbocycles. The highest BCUT2D eigenvalue weighted by Gasteiger charge is 2.56. The zero-order valence-electron chi connectivity index (χ0n) is 32.2. The zero-order valence-corrected chi connectivity index (χ0v) is 32.2. The van der Waals surface area contributed by atoms with Crippen LogP contribution < -0.4 is 0 Å². The predicted molar refractivity (Wildman–Crippen MR) is 190 cm³/mol. The van der Waals surface area contributed by atoms with Crippen LogP contribution in [0, 0.1) is 0 Å². The van der Waals surface area contributed by atoms with Gasteiger partial charge < -0.3 is 63.4 Å². The van der Waals surface area contributed by atoms with Gasteiger partial charge in [-0.15, -0.1) is 0 Å². The molecule has 0 unspecified atom stereocenters. The maximum absolute atomic E-state index is 12.2. The largest absolute Gasteiger partial charge is 0.390 e. The molecule has 54 heavy (non-hydrogen) atoms. The van der Waals surface area contributed by atoms with Crippen LogP contribution in [0.3, 0.4) is 0 Å². The van der Waals surface area contributed by atoms with Gasteiger partial charge in [-0.25, -0.2) is 0 Å². The first-order chi connectivity index (χ1) is 25.2. The van der Waals surface area contributed by atoms with E-state index < -0.39 is 127 Å². The van der Waals surface area contributed by atoms with Gasteiger partial charge in [-0.1, -0.05) is 48.6 Å². The van der Waals surface area contributed by atoms with E-state index in [4.69, 9.17) is 37.9 Å². The SMILES string of the molecule is CC1(C)O[C@H]2[C@H](O)[C@@H](N(CC(O)CN([C@H]3C=C[C@H]4OC(C)(C)O[C@H]4[C@@H]3O)[C@H]3C=C[C@H]4OC(C)(C)O[C@H]4[C@@H]3O)[C@H]3C=C[C@H]4OC(C)(C)O[C@H]4[C@@H]3O)C=C[C@H]2O1. The number of ether oxygens (including phenoxy) is 8. The highest BCUT2D eigenvalue weighted by atomic mass is 16.8. The standard InChI is InChI=1S/C39H58N2O13/c1-36(2)47-24-13-9-20(28(43)32(24)51-36)40(21-10-14-25-33(29(21)44)52-37(3,4)48-25)17-19(42)18-41(22-11-15-26-34(30(22)45)53-38(5,6)49-26)23-12-16-27-35(31(23)46)54-39(7,8)50-27/h9-16,19-35,42-46H,17-18H2,1-8H3/t20-,21-,22-,23-,24+,25+,26+,27+,28+,29+,30+,31+,32+,33+,34+,35+/m0/s1. The second-order valence-electron chi connectivity index (χ2n) is 17.8. The maximum Gasteiger partial charge on any atom is 0.164 e. The Bertz CT molecular complexity index is 1320. The van der Waals surface area contributed by atoms with Crippen molar-refractivity contribution in [3.8, 4) is 0 Å². The van der Waals surface area contributed by atoms with Gasteiger partial charge in [0.05, 0.1) is 30.3 Å². The summed E-state index contributed by atoms with van der Waals surface area (Å²) in [6, 6.07) is -2.82. The molecule has 4 heterocycles. The minimum Gasteiger partial charge on any atom is -0.390 e. The van der Waals surface area contributed by atoms with Crippen LogP contribution in [0.1, 0.15) is 55.4 Å². The van der Waals surface area contributed by atoms with Gasteiger partial charge in [0.2, 0.25) is 0 Å². The van der Waals surface area contributed by atoms with Crippen molar-refractivity contribution in [2.45, 2.75) is 182 Å². The molecule has 0 aromatic heterocycles. The van der Waals surface area contributed by atoms with Gasteiger partial charge in [0.1, 0.15) is 73.2 Å². The summed E-state index contributed by atoms with van der Waals surface area (Å²) in [5, 5.41) is 59.7. The van der Waals surface area contributed by atoms with Crippen LogP contribution in [0.2, 0.25) is 0 Å². The fraction of sp³-hybridized carbons (Fsp3) is 0.795. The second kappa shape index (κ2) is 13.7. The predicted octanol–water partition coefficient (Wildman–Crippen LogP) is 0.229. The lowest BCUT2D eigenvalue weighted by molar-refractivity contribution is -0.165. The highest BCUT2D eigenvalue weighted by molar-refractivity contribution is 5.22. The van der Waals surface area contributed by atoms with Crippen LogP contribution >= 0.6 is 0 Å². The molecule has 4 saturated heterocycles. The van der Waals surface area contributed by atoms with E-state index >= 15 is 0 Å². The lowest BCUT2D eigenvalue weighted by atomic mass is 9.87. The van der Waals surface area contributed by atoms with E-state index in [2.05, 4.69) is 0 Å². The van der Waals surface area contributed by atoms with Gasteiger partial charge in [-0.05, 0) is 55.4 Å². The maximum atomic E-state index is 12.2. The van der Waals surface area contributed by atoms with Crippen molar-refractivity contribution in [3.05, 3.63) is 48.6 Å². The van der Waals surface area contributed by atoms with E-state index in [-0.39, 0.29) is 13.1 Å². The number of fused-ring (bicyclic) bond motifs is 4. The fourth-order valence-corrected chi connectivity index (χ4v) is 9.70. The summed E-state index contributed by atoms with van der Waals surface area (Å²) in [7, 11) is 0. The Kier molecular flexibility index (Phi) is 9.97. The molecule has 0 radical (unpaired) electrons. The first-order valence-electron chi connectivity index (χ1n) is 19.3.